The van der Waals surface area contributed by atoms with E-state index < -0.39 is 17.8 Å². The van der Waals surface area contributed by atoms with Gasteiger partial charge in [0.05, 0.1) is 5.69 Å². The van der Waals surface area contributed by atoms with Crippen LogP contribution in [0.3, 0.4) is 0 Å². The molecule has 1 amide bonds. The summed E-state index contributed by atoms with van der Waals surface area (Å²) in [6.07, 6.45) is -1.98. The van der Waals surface area contributed by atoms with Crippen LogP contribution in [0.1, 0.15) is 41.0 Å². The predicted molar refractivity (Wildman–Crippen MR) is 103 cm³/mol. The minimum absolute atomic E-state index is 0.114. The van der Waals surface area contributed by atoms with Crippen molar-refractivity contribution in [3.63, 3.8) is 0 Å². The van der Waals surface area contributed by atoms with Crippen LogP contribution in [0, 0.1) is 6.92 Å². The molecule has 152 valence electrons. The maximum Gasteiger partial charge on any atom is 0.433 e. The van der Waals surface area contributed by atoms with Gasteiger partial charge in [-0.25, -0.2) is 9.50 Å². The molecule has 1 saturated heterocycles. The maximum absolute atomic E-state index is 13.7. The van der Waals surface area contributed by atoms with Gasteiger partial charge in [0.15, 0.2) is 17.0 Å². The molecule has 3 aromatic rings. The Bertz CT molecular complexity index is 1070. The molecule has 1 aromatic carbocycles. The summed E-state index contributed by atoms with van der Waals surface area (Å²) in [5.41, 5.74) is 0.193. The summed E-state index contributed by atoms with van der Waals surface area (Å²) in [6, 6.07) is 7.89. The molecule has 3 heterocycles. The van der Waals surface area contributed by atoms with E-state index in [9.17, 15) is 18.0 Å². The molecule has 0 unspecified atom stereocenters. The average Bonchev–Trinajstić information content (AvgIpc) is 3.04. The Kier molecular flexibility index (Phi) is 4.98. The Morgan fingerprint density at radius 1 is 1.10 bits per heavy atom. The Morgan fingerprint density at radius 2 is 1.76 bits per heavy atom. The van der Waals surface area contributed by atoms with Crippen molar-refractivity contribution in [3.8, 4) is 11.3 Å². The second kappa shape index (κ2) is 7.33. The summed E-state index contributed by atoms with van der Waals surface area (Å²) in [6.45, 7) is 2.96. The molecule has 0 saturated carbocycles. The highest BCUT2D eigenvalue weighted by atomic mass is 35.5. The van der Waals surface area contributed by atoms with Gasteiger partial charge in [0.25, 0.3) is 5.91 Å². The summed E-state index contributed by atoms with van der Waals surface area (Å²) >= 11 is 6.32. The molecule has 0 atom stereocenters. The van der Waals surface area contributed by atoms with E-state index in [4.69, 9.17) is 11.6 Å². The lowest BCUT2D eigenvalue weighted by Crippen LogP contribution is -2.36. The third-order valence-electron chi connectivity index (χ3n) is 5.02. The van der Waals surface area contributed by atoms with Crippen LogP contribution >= 0.6 is 11.6 Å². The third-order valence-corrected chi connectivity index (χ3v) is 5.36. The first-order chi connectivity index (χ1) is 13.8. The first-order valence-corrected chi connectivity index (χ1v) is 9.66. The average molecular weight is 423 g/mol. The molecule has 0 N–H and O–H groups in total. The van der Waals surface area contributed by atoms with Crippen LogP contribution in [0.2, 0.25) is 5.02 Å². The largest absolute Gasteiger partial charge is 0.433 e. The van der Waals surface area contributed by atoms with Crippen molar-refractivity contribution >= 4 is 23.2 Å². The summed E-state index contributed by atoms with van der Waals surface area (Å²) in [4.78, 5) is 18.7. The number of hydrogen-bond acceptors (Lipinski definition) is 3. The number of alkyl halides is 3. The zero-order chi connectivity index (χ0) is 20.8. The summed E-state index contributed by atoms with van der Waals surface area (Å²) in [5.74, 6) is -0.467. The molecule has 29 heavy (non-hydrogen) atoms. The quantitative estimate of drug-likeness (QED) is 0.583. The number of aryl methyl sites for hydroxylation is 1. The van der Waals surface area contributed by atoms with Gasteiger partial charge in [0.2, 0.25) is 0 Å². The van der Waals surface area contributed by atoms with E-state index in [0.29, 0.717) is 23.2 Å². The van der Waals surface area contributed by atoms with Gasteiger partial charge < -0.3 is 4.90 Å². The van der Waals surface area contributed by atoms with Crippen LogP contribution in [0.25, 0.3) is 16.9 Å². The number of nitrogens with zero attached hydrogens (tertiary/aromatic N) is 4. The fourth-order valence-electron chi connectivity index (χ4n) is 3.45. The van der Waals surface area contributed by atoms with E-state index in [0.717, 1.165) is 30.9 Å². The number of halogens is 4. The molecule has 0 spiro atoms. The standard InChI is InChI=1S/C20H18ClF3N4O/c1-12-5-7-13(8-6-12)14-11-15(20(22,23)24)28-18(25-14)16(21)17(26-28)19(29)27-9-3-2-4-10-27/h5-8,11H,2-4,9-10H2,1H3. The fourth-order valence-corrected chi connectivity index (χ4v) is 3.69. The van der Waals surface area contributed by atoms with Gasteiger partial charge in [0.1, 0.15) is 5.02 Å². The molecule has 4 rings (SSSR count). The highest BCUT2D eigenvalue weighted by molar-refractivity contribution is 6.36. The van der Waals surface area contributed by atoms with Crippen molar-refractivity contribution in [1.29, 1.82) is 0 Å². The van der Waals surface area contributed by atoms with Crippen LogP contribution in [0.4, 0.5) is 13.2 Å². The zero-order valence-corrected chi connectivity index (χ0v) is 16.4. The SMILES string of the molecule is Cc1ccc(-c2cc(C(F)(F)F)n3nc(C(=O)N4CCCCC4)c(Cl)c3n2)cc1. The number of fused-ring (bicyclic) bond motifs is 1. The molecular weight excluding hydrogens is 405 g/mol. The number of rotatable bonds is 2. The molecule has 2 aromatic heterocycles. The molecule has 1 aliphatic heterocycles. The van der Waals surface area contributed by atoms with Gasteiger partial charge >= 0.3 is 6.18 Å². The molecule has 1 fully saturated rings. The number of amides is 1. The lowest BCUT2D eigenvalue weighted by Gasteiger charge is -2.25. The van der Waals surface area contributed by atoms with Crippen LogP contribution < -0.4 is 0 Å². The van der Waals surface area contributed by atoms with Gasteiger partial charge in [-0.05, 0) is 32.3 Å². The van der Waals surface area contributed by atoms with E-state index in [2.05, 4.69) is 10.1 Å². The molecular formula is C20H18ClF3N4O. The minimum Gasteiger partial charge on any atom is -0.337 e. The zero-order valence-electron chi connectivity index (χ0n) is 15.6. The molecule has 5 nitrogen and oxygen atoms in total. The first-order valence-electron chi connectivity index (χ1n) is 9.28. The topological polar surface area (TPSA) is 50.5 Å². The van der Waals surface area contributed by atoms with E-state index >= 15 is 0 Å². The van der Waals surface area contributed by atoms with E-state index in [1.54, 1.807) is 29.2 Å². The van der Waals surface area contributed by atoms with Crippen molar-refractivity contribution in [3.05, 3.63) is 52.3 Å². The van der Waals surface area contributed by atoms with Crippen LogP contribution in [-0.2, 0) is 6.18 Å². The Hall–Kier alpha value is -2.61. The smallest absolute Gasteiger partial charge is 0.337 e. The van der Waals surface area contributed by atoms with Crippen molar-refractivity contribution in [2.24, 2.45) is 0 Å². The number of aromatic nitrogens is 3. The first kappa shape index (κ1) is 19.7. The highest BCUT2D eigenvalue weighted by Crippen LogP contribution is 2.35. The number of hydrogen-bond donors (Lipinski definition) is 0. The molecule has 9 heteroatoms. The number of carbonyl (C=O) groups excluding carboxylic acids is 1. The van der Waals surface area contributed by atoms with Crippen LogP contribution in [0.5, 0.6) is 0 Å². The molecule has 0 bridgehead atoms. The Morgan fingerprint density at radius 3 is 2.38 bits per heavy atom. The van der Waals surface area contributed by atoms with Crippen molar-refractivity contribution in [2.75, 3.05) is 13.1 Å². The highest BCUT2D eigenvalue weighted by Gasteiger charge is 2.37. The van der Waals surface area contributed by atoms with Crippen LogP contribution in [0.15, 0.2) is 30.3 Å². The maximum atomic E-state index is 13.7. The predicted octanol–water partition coefficient (Wildman–Crippen LogP) is 5.00. The summed E-state index contributed by atoms with van der Waals surface area (Å²) in [5, 5.41) is 3.75. The second-order valence-corrected chi connectivity index (χ2v) is 7.52. The van der Waals surface area contributed by atoms with E-state index in [1.165, 1.54) is 0 Å². The summed E-state index contributed by atoms with van der Waals surface area (Å²) < 4.78 is 41.9. The van der Waals surface area contributed by atoms with E-state index in [-0.39, 0.29) is 22.1 Å². The third kappa shape index (κ3) is 3.69. The number of carbonyl (C=O) groups is 1. The monoisotopic (exact) mass is 422 g/mol. The second-order valence-electron chi connectivity index (χ2n) is 7.14. The van der Waals surface area contributed by atoms with Crippen molar-refractivity contribution < 1.29 is 18.0 Å². The minimum atomic E-state index is -4.69. The normalized spacial score (nSPS) is 15.1. The molecule has 0 radical (unpaired) electrons. The molecule has 1 aliphatic rings. The van der Waals surface area contributed by atoms with Crippen molar-refractivity contribution in [2.45, 2.75) is 32.4 Å². The Balaban J connectivity index is 1.88. The van der Waals surface area contributed by atoms with Gasteiger partial charge in [-0.1, -0.05) is 41.4 Å². The number of piperidine rings is 1. The number of likely N-dealkylation sites (tertiary alicyclic amines) is 1. The lowest BCUT2D eigenvalue weighted by atomic mass is 10.1. The lowest BCUT2D eigenvalue weighted by molar-refractivity contribution is -0.142. The van der Waals surface area contributed by atoms with Crippen molar-refractivity contribution in [1.82, 2.24) is 19.5 Å². The van der Waals surface area contributed by atoms with E-state index in [1.807, 2.05) is 6.92 Å². The van der Waals surface area contributed by atoms with Crippen LogP contribution in [-0.4, -0.2) is 38.5 Å². The van der Waals surface area contributed by atoms with Gasteiger partial charge in [-0.15, -0.1) is 0 Å². The Labute approximate surface area is 170 Å². The summed E-state index contributed by atoms with van der Waals surface area (Å²) in [7, 11) is 0. The molecule has 0 aliphatic carbocycles. The fraction of sp³-hybridized carbons (Fsp3) is 0.350. The number of benzene rings is 1. The van der Waals surface area contributed by atoms with Gasteiger partial charge in [-0.3, -0.25) is 4.79 Å². The van der Waals surface area contributed by atoms with Gasteiger partial charge in [0, 0.05) is 18.7 Å². The van der Waals surface area contributed by atoms with Gasteiger partial charge in [-0.2, -0.15) is 18.3 Å².